The summed E-state index contributed by atoms with van der Waals surface area (Å²) >= 11 is 6.34. The number of aryl methyl sites for hydroxylation is 2. The van der Waals surface area contributed by atoms with E-state index in [0.717, 1.165) is 29.1 Å². The Labute approximate surface area is 113 Å². The molecular weight excluding hydrogens is 242 g/mol. The Morgan fingerprint density at radius 2 is 1.94 bits per heavy atom. The van der Waals surface area contributed by atoms with Crippen LogP contribution in [0.2, 0.25) is 5.02 Å². The lowest BCUT2D eigenvalue weighted by Gasteiger charge is -2.17. The molecule has 0 aliphatic heterocycles. The maximum absolute atomic E-state index is 6.34. The van der Waals surface area contributed by atoms with E-state index in [1.807, 2.05) is 19.1 Å². The average molecular weight is 258 g/mol. The van der Waals surface area contributed by atoms with Gasteiger partial charge in [-0.25, -0.2) is 0 Å². The summed E-state index contributed by atoms with van der Waals surface area (Å²) in [5.41, 5.74) is 5.03. The van der Waals surface area contributed by atoms with Crippen LogP contribution in [0.3, 0.4) is 0 Å². The Balaban J connectivity index is 1.89. The van der Waals surface area contributed by atoms with Crippen molar-refractivity contribution < 1.29 is 0 Å². The van der Waals surface area contributed by atoms with E-state index in [-0.39, 0.29) is 0 Å². The molecule has 0 aromatic heterocycles. The highest BCUT2D eigenvalue weighted by Gasteiger charge is 2.22. The van der Waals surface area contributed by atoms with Crippen molar-refractivity contribution in [3.63, 3.8) is 0 Å². The van der Waals surface area contributed by atoms with Crippen LogP contribution >= 0.6 is 11.6 Å². The van der Waals surface area contributed by atoms with Gasteiger partial charge in [0.15, 0.2) is 0 Å². The number of nitrogens with one attached hydrogen (secondary N) is 1. The zero-order valence-corrected chi connectivity index (χ0v) is 11.2. The summed E-state index contributed by atoms with van der Waals surface area (Å²) in [6, 6.07) is 15.2. The average Bonchev–Trinajstić information content (AvgIpc) is 2.79. The number of hydrogen-bond acceptors (Lipinski definition) is 1. The number of rotatable bonds is 2. The zero-order valence-electron chi connectivity index (χ0n) is 10.4. The molecule has 1 aliphatic rings. The predicted molar refractivity (Wildman–Crippen MR) is 77.3 cm³/mol. The Morgan fingerprint density at radius 1 is 1.11 bits per heavy atom. The van der Waals surface area contributed by atoms with Crippen molar-refractivity contribution in [2.45, 2.75) is 25.8 Å². The lowest BCUT2D eigenvalue weighted by atomic mass is 10.1. The van der Waals surface area contributed by atoms with Crippen LogP contribution in [0.5, 0.6) is 0 Å². The molecule has 1 nitrogen and oxygen atoms in total. The van der Waals surface area contributed by atoms with Crippen molar-refractivity contribution >= 4 is 17.3 Å². The van der Waals surface area contributed by atoms with Crippen molar-refractivity contribution in [2.75, 3.05) is 5.32 Å². The molecule has 0 spiro atoms. The first-order chi connectivity index (χ1) is 8.75. The smallest absolute Gasteiger partial charge is 0.0666 e. The fourth-order valence-corrected chi connectivity index (χ4v) is 2.83. The minimum absolute atomic E-state index is 0.389. The van der Waals surface area contributed by atoms with Gasteiger partial charge in [0.2, 0.25) is 0 Å². The van der Waals surface area contributed by atoms with Gasteiger partial charge in [-0.15, -0.1) is 0 Å². The quantitative estimate of drug-likeness (QED) is 0.819. The molecule has 0 saturated heterocycles. The summed E-state index contributed by atoms with van der Waals surface area (Å²) in [5.74, 6) is 0. The molecule has 2 aromatic rings. The molecule has 92 valence electrons. The van der Waals surface area contributed by atoms with Crippen LogP contribution in [0.4, 0.5) is 5.69 Å². The second kappa shape index (κ2) is 4.66. The second-order valence-corrected chi connectivity index (χ2v) is 5.25. The van der Waals surface area contributed by atoms with Gasteiger partial charge in [0.25, 0.3) is 0 Å². The van der Waals surface area contributed by atoms with Crippen molar-refractivity contribution in [1.82, 2.24) is 0 Å². The molecule has 18 heavy (non-hydrogen) atoms. The van der Waals surface area contributed by atoms with Crippen molar-refractivity contribution in [1.29, 1.82) is 0 Å². The van der Waals surface area contributed by atoms with E-state index in [1.54, 1.807) is 0 Å². The van der Waals surface area contributed by atoms with E-state index in [0.29, 0.717) is 6.04 Å². The lowest BCUT2D eigenvalue weighted by molar-refractivity contribution is 0.762. The van der Waals surface area contributed by atoms with E-state index < -0.39 is 0 Å². The van der Waals surface area contributed by atoms with E-state index in [1.165, 1.54) is 11.1 Å². The fourth-order valence-electron chi connectivity index (χ4n) is 2.65. The normalized spacial score (nSPS) is 17.6. The molecule has 2 aromatic carbocycles. The van der Waals surface area contributed by atoms with Crippen molar-refractivity contribution in [2.24, 2.45) is 0 Å². The maximum atomic E-state index is 6.34. The summed E-state index contributed by atoms with van der Waals surface area (Å²) in [6.07, 6.45) is 2.29. The Bertz CT molecular complexity index is 577. The number of hydrogen-bond donors (Lipinski definition) is 1. The molecule has 1 atom stereocenters. The van der Waals surface area contributed by atoms with Gasteiger partial charge >= 0.3 is 0 Å². The largest absolute Gasteiger partial charge is 0.377 e. The van der Waals surface area contributed by atoms with Crippen molar-refractivity contribution in [3.05, 3.63) is 64.2 Å². The molecule has 0 radical (unpaired) electrons. The first-order valence-corrected chi connectivity index (χ1v) is 6.73. The Hall–Kier alpha value is -1.47. The van der Waals surface area contributed by atoms with E-state index in [4.69, 9.17) is 11.6 Å². The standard InChI is InChI=1S/C16H16ClN/c1-11-5-4-8-15(16(11)17)18-14-10-9-12-6-2-3-7-13(12)14/h2-8,14,18H,9-10H2,1H3. The van der Waals surface area contributed by atoms with Gasteiger partial charge in [0.05, 0.1) is 16.8 Å². The molecule has 0 saturated carbocycles. The monoisotopic (exact) mass is 257 g/mol. The number of benzene rings is 2. The van der Waals surface area contributed by atoms with Crippen LogP contribution in [0.25, 0.3) is 0 Å². The minimum Gasteiger partial charge on any atom is -0.377 e. The molecule has 0 fully saturated rings. The maximum Gasteiger partial charge on any atom is 0.0666 e. The molecule has 1 aliphatic carbocycles. The second-order valence-electron chi connectivity index (χ2n) is 4.87. The van der Waals surface area contributed by atoms with Gasteiger partial charge in [-0.3, -0.25) is 0 Å². The molecule has 1 unspecified atom stereocenters. The Kier molecular flexibility index (Phi) is 3.00. The number of halogens is 1. The minimum atomic E-state index is 0.389. The van der Waals surface area contributed by atoms with E-state index in [2.05, 4.69) is 35.6 Å². The molecular formula is C16H16ClN. The van der Waals surface area contributed by atoms with Crippen LogP contribution in [-0.4, -0.2) is 0 Å². The third-order valence-electron chi connectivity index (χ3n) is 3.65. The highest BCUT2D eigenvalue weighted by molar-refractivity contribution is 6.34. The molecule has 0 heterocycles. The summed E-state index contributed by atoms with van der Waals surface area (Å²) in [6.45, 7) is 2.04. The first-order valence-electron chi connectivity index (χ1n) is 6.35. The van der Waals surface area contributed by atoms with Crippen LogP contribution in [0.1, 0.15) is 29.2 Å². The molecule has 1 N–H and O–H groups in total. The number of anilines is 1. The van der Waals surface area contributed by atoms with Crippen molar-refractivity contribution in [3.8, 4) is 0 Å². The van der Waals surface area contributed by atoms with Gasteiger partial charge < -0.3 is 5.32 Å². The summed E-state index contributed by atoms with van der Waals surface area (Å²) in [4.78, 5) is 0. The van der Waals surface area contributed by atoms with Crippen LogP contribution in [0.15, 0.2) is 42.5 Å². The van der Waals surface area contributed by atoms with Gasteiger partial charge in [0.1, 0.15) is 0 Å². The van der Waals surface area contributed by atoms with Gasteiger partial charge in [-0.05, 0) is 42.5 Å². The van der Waals surface area contributed by atoms with Gasteiger partial charge in [0, 0.05) is 0 Å². The fraction of sp³-hybridized carbons (Fsp3) is 0.250. The molecule has 0 amide bonds. The zero-order chi connectivity index (χ0) is 12.5. The van der Waals surface area contributed by atoms with E-state index >= 15 is 0 Å². The molecule has 3 rings (SSSR count). The highest BCUT2D eigenvalue weighted by Crippen LogP contribution is 2.36. The molecule has 0 bridgehead atoms. The highest BCUT2D eigenvalue weighted by atomic mass is 35.5. The summed E-state index contributed by atoms with van der Waals surface area (Å²) in [5, 5.41) is 4.41. The van der Waals surface area contributed by atoms with Crippen LogP contribution in [-0.2, 0) is 6.42 Å². The third-order valence-corrected chi connectivity index (χ3v) is 4.16. The van der Waals surface area contributed by atoms with Crippen LogP contribution < -0.4 is 5.32 Å². The van der Waals surface area contributed by atoms with Gasteiger partial charge in [-0.2, -0.15) is 0 Å². The third kappa shape index (κ3) is 1.99. The SMILES string of the molecule is Cc1cccc(NC2CCc3ccccc32)c1Cl. The van der Waals surface area contributed by atoms with Crippen LogP contribution in [0, 0.1) is 6.92 Å². The lowest BCUT2D eigenvalue weighted by Crippen LogP contribution is -2.07. The van der Waals surface area contributed by atoms with Gasteiger partial charge in [-0.1, -0.05) is 48.0 Å². The number of fused-ring (bicyclic) bond motifs is 1. The molecule has 2 heteroatoms. The Morgan fingerprint density at radius 3 is 2.83 bits per heavy atom. The summed E-state index contributed by atoms with van der Waals surface area (Å²) < 4.78 is 0. The topological polar surface area (TPSA) is 12.0 Å². The predicted octanol–water partition coefficient (Wildman–Crippen LogP) is 4.75. The first kappa shape index (κ1) is 11.6. The summed E-state index contributed by atoms with van der Waals surface area (Å²) in [7, 11) is 0. The van der Waals surface area contributed by atoms with E-state index in [9.17, 15) is 0 Å².